The summed E-state index contributed by atoms with van der Waals surface area (Å²) < 4.78 is 5.05. The molecule has 0 aromatic heterocycles. The fraction of sp³-hybridized carbons (Fsp3) is 0.500. The van der Waals surface area contributed by atoms with E-state index in [0.29, 0.717) is 18.7 Å². The van der Waals surface area contributed by atoms with Crippen LogP contribution < -0.4 is 15.8 Å². The molecule has 1 amide bonds. The van der Waals surface area contributed by atoms with Crippen LogP contribution in [0.4, 0.5) is 0 Å². The predicted octanol–water partition coefficient (Wildman–Crippen LogP) is 1.65. The van der Waals surface area contributed by atoms with Crippen LogP contribution in [-0.2, 0) is 0 Å². The van der Waals surface area contributed by atoms with Gasteiger partial charge in [-0.15, -0.1) is 0 Å². The molecule has 0 aliphatic carbocycles. The number of phenols is 1. The summed E-state index contributed by atoms with van der Waals surface area (Å²) in [5.41, 5.74) is 5.39. The number of hydrogen-bond donors (Lipinski definition) is 3. The molecule has 0 spiro atoms. The summed E-state index contributed by atoms with van der Waals surface area (Å²) in [6, 6.07) is 4.56. The molecule has 0 aliphatic heterocycles. The van der Waals surface area contributed by atoms with Crippen molar-refractivity contribution in [1.29, 1.82) is 0 Å². The molecule has 5 heteroatoms. The van der Waals surface area contributed by atoms with Crippen molar-refractivity contribution in [2.24, 2.45) is 5.73 Å². The average molecular weight is 266 g/mol. The lowest BCUT2D eigenvalue weighted by atomic mass is 9.94. The molecule has 106 valence electrons. The Morgan fingerprint density at radius 1 is 1.53 bits per heavy atom. The number of carbonyl (C=O) groups is 1. The van der Waals surface area contributed by atoms with E-state index in [1.807, 2.05) is 13.8 Å². The molecule has 1 aromatic rings. The number of hydrogen-bond acceptors (Lipinski definition) is 4. The van der Waals surface area contributed by atoms with Crippen molar-refractivity contribution >= 4 is 5.91 Å². The number of phenolic OH excluding ortho intramolecular Hbond substituents is 1. The van der Waals surface area contributed by atoms with Crippen LogP contribution in [0.15, 0.2) is 18.2 Å². The molecule has 0 saturated carbocycles. The lowest BCUT2D eigenvalue weighted by molar-refractivity contribution is 0.0897. The van der Waals surface area contributed by atoms with Crippen LogP contribution in [-0.4, -0.2) is 30.2 Å². The van der Waals surface area contributed by atoms with Gasteiger partial charge in [-0.2, -0.15) is 0 Å². The van der Waals surface area contributed by atoms with Gasteiger partial charge in [0.2, 0.25) is 0 Å². The van der Waals surface area contributed by atoms with Crippen molar-refractivity contribution in [2.75, 3.05) is 13.7 Å². The zero-order valence-electron chi connectivity index (χ0n) is 11.7. The van der Waals surface area contributed by atoms with Gasteiger partial charge >= 0.3 is 0 Å². The molecule has 0 bridgehead atoms. The van der Waals surface area contributed by atoms with E-state index in [1.165, 1.54) is 19.2 Å². The van der Waals surface area contributed by atoms with Gasteiger partial charge in [0.15, 0.2) is 0 Å². The molecule has 0 radical (unpaired) electrons. The van der Waals surface area contributed by atoms with Crippen molar-refractivity contribution in [3.8, 4) is 11.5 Å². The molecule has 0 saturated heterocycles. The number of rotatable bonds is 6. The number of aromatic hydroxyl groups is 1. The fourth-order valence-electron chi connectivity index (χ4n) is 1.81. The maximum atomic E-state index is 12.2. The van der Waals surface area contributed by atoms with Gasteiger partial charge in [-0.05, 0) is 44.5 Å². The van der Waals surface area contributed by atoms with E-state index in [9.17, 15) is 9.90 Å². The van der Waals surface area contributed by atoms with Gasteiger partial charge in [0.05, 0.1) is 12.7 Å². The highest BCUT2D eigenvalue weighted by Crippen LogP contribution is 2.24. The zero-order chi connectivity index (χ0) is 14.5. The summed E-state index contributed by atoms with van der Waals surface area (Å²) in [6.45, 7) is 4.42. The van der Waals surface area contributed by atoms with Gasteiger partial charge in [0, 0.05) is 5.54 Å². The lowest BCUT2D eigenvalue weighted by Gasteiger charge is -2.29. The molecule has 0 fully saturated rings. The van der Waals surface area contributed by atoms with Crippen LogP contribution in [0, 0.1) is 0 Å². The van der Waals surface area contributed by atoms with Crippen LogP contribution in [0.2, 0.25) is 0 Å². The SMILES string of the molecule is CCC(C)(CCN)NC(=O)c1cc(OC)ccc1O. The molecular weight excluding hydrogens is 244 g/mol. The minimum absolute atomic E-state index is 0.0653. The highest BCUT2D eigenvalue weighted by molar-refractivity contribution is 5.97. The Morgan fingerprint density at radius 2 is 2.21 bits per heavy atom. The summed E-state index contributed by atoms with van der Waals surface area (Å²) in [5.74, 6) is 0.138. The van der Waals surface area contributed by atoms with E-state index in [1.54, 1.807) is 6.07 Å². The Bertz CT molecular complexity index is 448. The molecule has 4 N–H and O–H groups in total. The number of nitrogens with two attached hydrogens (primary N) is 1. The summed E-state index contributed by atoms with van der Waals surface area (Å²) in [6.07, 6.45) is 1.45. The smallest absolute Gasteiger partial charge is 0.255 e. The Kier molecular flexibility index (Phi) is 5.18. The maximum absolute atomic E-state index is 12.2. The second-order valence-electron chi connectivity index (χ2n) is 4.79. The second kappa shape index (κ2) is 6.43. The highest BCUT2D eigenvalue weighted by Gasteiger charge is 2.25. The molecule has 0 heterocycles. The fourth-order valence-corrected chi connectivity index (χ4v) is 1.81. The molecule has 19 heavy (non-hydrogen) atoms. The topological polar surface area (TPSA) is 84.6 Å². The molecule has 1 rings (SSSR count). The Morgan fingerprint density at radius 3 is 2.74 bits per heavy atom. The van der Waals surface area contributed by atoms with Crippen LogP contribution in [0.25, 0.3) is 0 Å². The number of nitrogens with one attached hydrogen (secondary N) is 1. The second-order valence-corrected chi connectivity index (χ2v) is 4.79. The quantitative estimate of drug-likeness (QED) is 0.731. The van der Waals surface area contributed by atoms with Crippen molar-refractivity contribution < 1.29 is 14.6 Å². The van der Waals surface area contributed by atoms with E-state index >= 15 is 0 Å². The predicted molar refractivity (Wildman–Crippen MR) is 74.5 cm³/mol. The van der Waals surface area contributed by atoms with Crippen molar-refractivity contribution in [1.82, 2.24) is 5.32 Å². The molecular formula is C14H22N2O3. The largest absolute Gasteiger partial charge is 0.507 e. The molecule has 0 aliphatic rings. The lowest BCUT2D eigenvalue weighted by Crippen LogP contribution is -2.46. The van der Waals surface area contributed by atoms with E-state index < -0.39 is 0 Å². The van der Waals surface area contributed by atoms with Crippen LogP contribution in [0.1, 0.15) is 37.0 Å². The Balaban J connectivity index is 2.94. The monoisotopic (exact) mass is 266 g/mol. The number of ether oxygens (including phenoxy) is 1. The first-order valence-corrected chi connectivity index (χ1v) is 6.35. The van der Waals surface area contributed by atoms with Gasteiger partial charge in [-0.25, -0.2) is 0 Å². The Labute approximate surface area is 113 Å². The van der Waals surface area contributed by atoms with Crippen LogP contribution in [0.5, 0.6) is 11.5 Å². The average Bonchev–Trinajstić information content (AvgIpc) is 2.39. The Hall–Kier alpha value is -1.75. The normalized spacial score (nSPS) is 13.7. The van der Waals surface area contributed by atoms with E-state index in [-0.39, 0.29) is 22.8 Å². The standard InChI is InChI=1S/C14H22N2O3/c1-4-14(2,7-8-15)16-13(18)11-9-10(19-3)5-6-12(11)17/h5-6,9,17H,4,7-8,15H2,1-3H3,(H,16,18). The first-order valence-electron chi connectivity index (χ1n) is 6.35. The molecule has 5 nitrogen and oxygen atoms in total. The number of methoxy groups -OCH3 is 1. The zero-order valence-corrected chi connectivity index (χ0v) is 11.7. The van der Waals surface area contributed by atoms with Crippen molar-refractivity contribution in [3.63, 3.8) is 0 Å². The maximum Gasteiger partial charge on any atom is 0.255 e. The van der Waals surface area contributed by atoms with Gasteiger partial charge in [-0.1, -0.05) is 6.92 Å². The van der Waals surface area contributed by atoms with Gasteiger partial charge in [-0.3, -0.25) is 4.79 Å². The summed E-state index contributed by atoms with van der Waals surface area (Å²) in [5, 5.41) is 12.7. The van der Waals surface area contributed by atoms with Crippen molar-refractivity contribution in [2.45, 2.75) is 32.2 Å². The highest BCUT2D eigenvalue weighted by atomic mass is 16.5. The van der Waals surface area contributed by atoms with Crippen LogP contribution >= 0.6 is 0 Å². The summed E-state index contributed by atoms with van der Waals surface area (Å²) in [4.78, 5) is 12.2. The first kappa shape index (κ1) is 15.3. The van der Waals surface area contributed by atoms with Gasteiger partial charge in [0.25, 0.3) is 5.91 Å². The molecule has 1 unspecified atom stereocenters. The minimum Gasteiger partial charge on any atom is -0.507 e. The number of carbonyl (C=O) groups excluding carboxylic acids is 1. The van der Waals surface area contributed by atoms with E-state index in [2.05, 4.69) is 5.32 Å². The van der Waals surface area contributed by atoms with Crippen LogP contribution in [0.3, 0.4) is 0 Å². The van der Waals surface area contributed by atoms with Gasteiger partial charge in [0.1, 0.15) is 11.5 Å². The summed E-state index contributed by atoms with van der Waals surface area (Å²) >= 11 is 0. The third-order valence-corrected chi connectivity index (χ3v) is 3.34. The third-order valence-electron chi connectivity index (χ3n) is 3.34. The minimum atomic E-state index is -0.374. The van der Waals surface area contributed by atoms with Gasteiger partial charge < -0.3 is 20.9 Å². The third kappa shape index (κ3) is 3.86. The first-order chi connectivity index (χ1) is 8.95. The summed E-state index contributed by atoms with van der Waals surface area (Å²) in [7, 11) is 1.51. The van der Waals surface area contributed by atoms with E-state index in [0.717, 1.165) is 6.42 Å². The van der Waals surface area contributed by atoms with E-state index in [4.69, 9.17) is 10.5 Å². The molecule has 1 atom stereocenters. The number of amides is 1. The van der Waals surface area contributed by atoms with Crippen molar-refractivity contribution in [3.05, 3.63) is 23.8 Å². The number of benzene rings is 1. The molecule has 1 aromatic carbocycles.